The first-order chi connectivity index (χ1) is 13.2. The molecule has 4 nitrogen and oxygen atoms in total. The number of anilines is 1. The summed E-state index contributed by atoms with van der Waals surface area (Å²) in [6, 6.07) is 16.1. The molecule has 2 heterocycles. The van der Waals surface area contributed by atoms with Crippen LogP contribution in [0, 0.1) is 11.7 Å². The number of halogens is 1. The lowest BCUT2D eigenvalue weighted by atomic mass is 9.96. The Morgan fingerprint density at radius 2 is 1.89 bits per heavy atom. The third-order valence-corrected chi connectivity index (χ3v) is 5.21. The molecule has 138 valence electrons. The predicted molar refractivity (Wildman–Crippen MR) is 105 cm³/mol. The third-order valence-electron chi connectivity index (χ3n) is 5.21. The molecule has 1 saturated heterocycles. The van der Waals surface area contributed by atoms with Gasteiger partial charge in [0.1, 0.15) is 5.82 Å². The Bertz CT molecular complexity index is 937. The fourth-order valence-corrected chi connectivity index (χ4v) is 3.63. The van der Waals surface area contributed by atoms with E-state index in [4.69, 9.17) is 0 Å². The lowest BCUT2D eigenvalue weighted by Gasteiger charge is -2.32. The summed E-state index contributed by atoms with van der Waals surface area (Å²) in [5, 5.41) is 4.41. The number of carbonyl (C=O) groups excluding carboxylic acids is 1. The van der Waals surface area contributed by atoms with E-state index >= 15 is 0 Å². The van der Waals surface area contributed by atoms with E-state index in [-0.39, 0.29) is 11.7 Å². The monoisotopic (exact) mass is 363 g/mol. The highest BCUT2D eigenvalue weighted by atomic mass is 19.1. The van der Waals surface area contributed by atoms with E-state index in [9.17, 15) is 9.18 Å². The first-order valence-corrected chi connectivity index (χ1v) is 9.33. The van der Waals surface area contributed by atoms with Gasteiger partial charge in [0.2, 0.25) is 0 Å². The predicted octanol–water partition coefficient (Wildman–Crippen LogP) is 4.34. The Hall–Kier alpha value is -2.95. The van der Waals surface area contributed by atoms with E-state index in [0.717, 1.165) is 49.1 Å². The van der Waals surface area contributed by atoms with E-state index in [1.165, 1.54) is 12.1 Å². The number of carbonyl (C=O) groups is 1. The Balaban J connectivity index is 1.34. The van der Waals surface area contributed by atoms with Crippen LogP contribution in [-0.2, 0) is 0 Å². The average molecular weight is 363 g/mol. The van der Waals surface area contributed by atoms with Crippen molar-refractivity contribution >= 4 is 22.5 Å². The first kappa shape index (κ1) is 17.5. The quantitative estimate of drug-likeness (QED) is 0.750. The number of nitrogens with one attached hydrogen (secondary N) is 1. The molecule has 5 heteroatoms. The molecule has 1 aliphatic rings. The molecule has 1 aliphatic heterocycles. The minimum atomic E-state index is -0.275. The van der Waals surface area contributed by atoms with Crippen LogP contribution in [0.2, 0.25) is 0 Å². The van der Waals surface area contributed by atoms with Crippen molar-refractivity contribution in [2.45, 2.75) is 12.8 Å². The van der Waals surface area contributed by atoms with Gasteiger partial charge in [-0.05, 0) is 49.1 Å². The number of nitrogens with zero attached hydrogens (tertiary/aromatic N) is 2. The van der Waals surface area contributed by atoms with Crippen LogP contribution in [-0.4, -0.2) is 35.4 Å². The van der Waals surface area contributed by atoms with Gasteiger partial charge in [-0.25, -0.2) is 4.39 Å². The van der Waals surface area contributed by atoms with Crippen LogP contribution in [0.5, 0.6) is 0 Å². The normalized spacial score (nSPS) is 15.1. The van der Waals surface area contributed by atoms with Gasteiger partial charge in [0, 0.05) is 48.5 Å². The molecule has 0 atom stereocenters. The fourth-order valence-electron chi connectivity index (χ4n) is 3.63. The van der Waals surface area contributed by atoms with Crippen LogP contribution in [0.3, 0.4) is 0 Å². The highest BCUT2D eigenvalue weighted by molar-refractivity contribution is 5.94. The zero-order chi connectivity index (χ0) is 18.6. The van der Waals surface area contributed by atoms with Crippen molar-refractivity contribution in [1.29, 1.82) is 0 Å². The number of likely N-dealkylation sites (tertiary alicyclic amines) is 1. The smallest absolute Gasteiger partial charge is 0.253 e. The molecule has 4 rings (SSSR count). The van der Waals surface area contributed by atoms with Gasteiger partial charge in [0.25, 0.3) is 5.91 Å². The van der Waals surface area contributed by atoms with Crippen molar-refractivity contribution in [2.24, 2.45) is 5.92 Å². The summed E-state index contributed by atoms with van der Waals surface area (Å²) in [7, 11) is 0. The van der Waals surface area contributed by atoms with E-state index < -0.39 is 0 Å². The zero-order valence-corrected chi connectivity index (χ0v) is 15.1. The molecule has 1 aromatic heterocycles. The molecule has 2 aromatic carbocycles. The minimum Gasteiger partial charge on any atom is -0.384 e. The van der Waals surface area contributed by atoms with Gasteiger partial charge in [-0.3, -0.25) is 9.78 Å². The van der Waals surface area contributed by atoms with Crippen LogP contribution < -0.4 is 5.32 Å². The maximum atomic E-state index is 13.4. The highest BCUT2D eigenvalue weighted by Gasteiger charge is 2.23. The second-order valence-corrected chi connectivity index (χ2v) is 7.00. The summed E-state index contributed by atoms with van der Waals surface area (Å²) in [4.78, 5) is 18.7. The van der Waals surface area contributed by atoms with Crippen LogP contribution in [0.15, 0.2) is 60.8 Å². The Labute approximate surface area is 158 Å². The van der Waals surface area contributed by atoms with E-state index in [2.05, 4.69) is 10.3 Å². The van der Waals surface area contributed by atoms with Crippen molar-refractivity contribution in [3.05, 3.63) is 72.2 Å². The van der Waals surface area contributed by atoms with Gasteiger partial charge >= 0.3 is 0 Å². The van der Waals surface area contributed by atoms with Crippen LogP contribution >= 0.6 is 0 Å². The maximum Gasteiger partial charge on any atom is 0.253 e. The van der Waals surface area contributed by atoms with E-state index in [0.29, 0.717) is 11.4 Å². The molecule has 0 bridgehead atoms. The molecule has 3 aromatic rings. The van der Waals surface area contributed by atoms with Crippen LogP contribution in [0.1, 0.15) is 23.2 Å². The van der Waals surface area contributed by atoms with Gasteiger partial charge < -0.3 is 10.2 Å². The average Bonchev–Trinajstić information content (AvgIpc) is 2.72. The first-order valence-electron chi connectivity index (χ1n) is 9.33. The van der Waals surface area contributed by atoms with Crippen molar-refractivity contribution in [3.8, 4) is 0 Å². The largest absolute Gasteiger partial charge is 0.384 e. The maximum absolute atomic E-state index is 13.4. The zero-order valence-electron chi connectivity index (χ0n) is 15.1. The third kappa shape index (κ3) is 3.92. The van der Waals surface area contributed by atoms with Gasteiger partial charge in [0.05, 0.1) is 5.52 Å². The van der Waals surface area contributed by atoms with E-state index in [1.807, 2.05) is 41.3 Å². The molecule has 1 amide bonds. The van der Waals surface area contributed by atoms with Crippen LogP contribution in [0.25, 0.3) is 10.9 Å². The SMILES string of the molecule is O=C(c1ccccc1)N1CCC(CNc2ccnc3cc(F)ccc23)CC1. The summed E-state index contributed by atoms with van der Waals surface area (Å²) in [6.45, 7) is 2.40. The molecular formula is C22H22FN3O. The number of piperidine rings is 1. The van der Waals surface area contributed by atoms with Gasteiger partial charge in [-0.1, -0.05) is 18.2 Å². The molecule has 0 saturated carbocycles. The molecule has 1 fully saturated rings. The van der Waals surface area contributed by atoms with Gasteiger partial charge in [-0.2, -0.15) is 0 Å². The second kappa shape index (κ2) is 7.74. The summed E-state index contributed by atoms with van der Waals surface area (Å²) in [5.74, 6) is 0.347. The molecule has 0 aliphatic carbocycles. The Morgan fingerprint density at radius 3 is 2.67 bits per heavy atom. The molecule has 1 N–H and O–H groups in total. The van der Waals surface area contributed by atoms with Crippen molar-refractivity contribution in [1.82, 2.24) is 9.88 Å². The lowest BCUT2D eigenvalue weighted by molar-refractivity contribution is 0.0695. The van der Waals surface area contributed by atoms with E-state index in [1.54, 1.807) is 12.3 Å². The number of rotatable bonds is 4. The topological polar surface area (TPSA) is 45.2 Å². The number of hydrogen-bond donors (Lipinski definition) is 1. The lowest BCUT2D eigenvalue weighted by Crippen LogP contribution is -2.39. The number of pyridine rings is 1. The minimum absolute atomic E-state index is 0.115. The number of amides is 1. The molecular weight excluding hydrogens is 341 g/mol. The standard InChI is InChI=1S/C22H22FN3O/c23-18-6-7-19-20(8-11-24-21(19)14-18)25-15-16-9-12-26(13-10-16)22(27)17-4-2-1-3-5-17/h1-8,11,14,16H,9-10,12-13,15H2,(H,24,25). The molecule has 0 radical (unpaired) electrons. The summed E-state index contributed by atoms with van der Waals surface area (Å²) >= 11 is 0. The fraction of sp³-hybridized carbons (Fsp3) is 0.273. The number of fused-ring (bicyclic) bond motifs is 1. The molecule has 27 heavy (non-hydrogen) atoms. The van der Waals surface area contributed by atoms with Gasteiger partial charge in [-0.15, -0.1) is 0 Å². The molecule has 0 spiro atoms. The Morgan fingerprint density at radius 1 is 1.11 bits per heavy atom. The van der Waals surface area contributed by atoms with Crippen molar-refractivity contribution in [3.63, 3.8) is 0 Å². The second-order valence-electron chi connectivity index (χ2n) is 7.00. The summed E-state index contributed by atoms with van der Waals surface area (Å²) in [6.07, 6.45) is 3.65. The van der Waals surface area contributed by atoms with Crippen molar-refractivity contribution < 1.29 is 9.18 Å². The van der Waals surface area contributed by atoms with Crippen molar-refractivity contribution in [2.75, 3.05) is 25.0 Å². The summed E-state index contributed by atoms with van der Waals surface area (Å²) in [5.41, 5.74) is 2.38. The van der Waals surface area contributed by atoms with Crippen LogP contribution in [0.4, 0.5) is 10.1 Å². The number of benzene rings is 2. The molecule has 0 unspecified atom stereocenters. The highest BCUT2D eigenvalue weighted by Crippen LogP contribution is 2.24. The Kier molecular flexibility index (Phi) is 5.01. The number of hydrogen-bond acceptors (Lipinski definition) is 3. The summed E-state index contributed by atoms with van der Waals surface area (Å²) < 4.78 is 13.4. The number of aromatic nitrogens is 1. The van der Waals surface area contributed by atoms with Gasteiger partial charge in [0.15, 0.2) is 0 Å².